The van der Waals surface area contributed by atoms with E-state index in [1.165, 1.54) is 11.1 Å². The summed E-state index contributed by atoms with van der Waals surface area (Å²) in [6.07, 6.45) is 0.808. The van der Waals surface area contributed by atoms with E-state index in [1.807, 2.05) is 30.3 Å². The molecule has 0 saturated carbocycles. The third-order valence-electron chi connectivity index (χ3n) is 8.39. The lowest BCUT2D eigenvalue weighted by Crippen LogP contribution is -2.19. The Morgan fingerprint density at radius 2 is 1.34 bits per heavy atom. The number of rotatable bonds is 0. The fourth-order valence-electron chi connectivity index (χ4n) is 6.69. The van der Waals surface area contributed by atoms with Crippen LogP contribution in [-0.2, 0) is 17.8 Å². The highest BCUT2D eigenvalue weighted by Gasteiger charge is 2.40. The number of hydrogen-bond donors (Lipinski definition) is 3. The van der Waals surface area contributed by atoms with Crippen molar-refractivity contribution in [1.29, 1.82) is 0 Å². The molecule has 8 rings (SSSR count). The molecule has 0 fully saturated rings. The van der Waals surface area contributed by atoms with Crippen LogP contribution in [0.15, 0.2) is 102 Å². The first-order valence-corrected chi connectivity index (χ1v) is 12.8. The summed E-state index contributed by atoms with van der Waals surface area (Å²) in [5.74, 6) is 0.876. The van der Waals surface area contributed by atoms with E-state index in [0.717, 1.165) is 84.0 Å². The van der Waals surface area contributed by atoms with Gasteiger partial charge in [0.1, 0.15) is 12.4 Å². The van der Waals surface area contributed by atoms with Crippen molar-refractivity contribution in [3.8, 4) is 0 Å². The maximum atomic E-state index is 6.74. The lowest BCUT2D eigenvalue weighted by molar-refractivity contribution is 0.208. The second-order valence-corrected chi connectivity index (χ2v) is 10.3. The van der Waals surface area contributed by atoms with Crippen LogP contribution >= 0.6 is 0 Å². The van der Waals surface area contributed by atoms with Crippen LogP contribution in [-0.4, -0.2) is 0 Å². The fraction of sp³-hybridized carbons (Fsp3) is 0.0588. The zero-order valence-corrected chi connectivity index (χ0v) is 20.8. The Labute approximate surface area is 220 Å². The summed E-state index contributed by atoms with van der Waals surface area (Å²) < 4.78 is 6.65. The lowest BCUT2D eigenvalue weighted by atomic mass is 9.70. The highest BCUT2D eigenvalue weighted by molar-refractivity contribution is 6.24. The Morgan fingerprint density at radius 3 is 2.24 bits per heavy atom. The molecule has 0 atom stereocenters. The molecule has 6 N–H and O–H groups in total. The molecule has 3 aliphatic rings. The summed E-state index contributed by atoms with van der Waals surface area (Å²) in [4.78, 5) is 0. The molecule has 4 heteroatoms. The van der Waals surface area contributed by atoms with Gasteiger partial charge in [-0.3, -0.25) is 0 Å². The van der Waals surface area contributed by atoms with Gasteiger partial charge in [-0.1, -0.05) is 73.3 Å². The third-order valence-corrected chi connectivity index (χ3v) is 8.39. The summed E-state index contributed by atoms with van der Waals surface area (Å²) in [6, 6.07) is 27.0. The van der Waals surface area contributed by atoms with Gasteiger partial charge in [0.05, 0.1) is 0 Å². The second kappa shape index (κ2) is 7.30. The molecular formula is C34H25N3O. The average molecular weight is 492 g/mol. The number of anilines is 3. The lowest BCUT2D eigenvalue weighted by Gasteiger charge is -2.35. The van der Waals surface area contributed by atoms with Crippen molar-refractivity contribution in [2.24, 2.45) is 0 Å². The van der Waals surface area contributed by atoms with Gasteiger partial charge in [0.15, 0.2) is 0 Å². The highest BCUT2D eigenvalue weighted by Crippen LogP contribution is 2.57. The molecule has 0 aromatic heterocycles. The molecule has 38 heavy (non-hydrogen) atoms. The minimum Gasteiger partial charge on any atom is -0.488 e. The van der Waals surface area contributed by atoms with E-state index in [0.29, 0.717) is 18.0 Å². The Hall–Kier alpha value is -4.96. The summed E-state index contributed by atoms with van der Waals surface area (Å²) in [7, 11) is 0. The molecule has 1 aliphatic heterocycles. The first kappa shape index (κ1) is 21.2. The number of benzene rings is 5. The van der Waals surface area contributed by atoms with E-state index in [4.69, 9.17) is 21.9 Å². The normalized spacial score (nSPS) is 17.4. The van der Waals surface area contributed by atoms with E-state index < -0.39 is 0 Å². The molecule has 0 unspecified atom stereocenters. The molecule has 2 aliphatic carbocycles. The smallest absolute Gasteiger partial charge is 0.136 e. The molecule has 5 aromatic carbocycles. The predicted octanol–water partition coefficient (Wildman–Crippen LogP) is 6.96. The monoisotopic (exact) mass is 491 g/mol. The highest BCUT2D eigenvalue weighted by atomic mass is 16.5. The van der Waals surface area contributed by atoms with Gasteiger partial charge in [0.2, 0.25) is 0 Å². The second-order valence-electron chi connectivity index (χ2n) is 10.3. The van der Waals surface area contributed by atoms with Crippen molar-refractivity contribution in [2.75, 3.05) is 17.2 Å². The van der Waals surface area contributed by atoms with Crippen LogP contribution in [0, 0.1) is 0 Å². The van der Waals surface area contributed by atoms with Gasteiger partial charge in [-0.2, -0.15) is 0 Å². The number of ether oxygens (including phenoxy) is 1. The standard InChI is InChI=1S/C34H25N3O/c1-17-27(30-20-9-3-2-7-18(20)15-24-21(30)10-5-13-25(24)35)34-28(17)32-22-11-6-14-26(36)31(22)33(37)23-12-4-8-19(16-38-34)29(23)32/h2-14H,1,15-16,35-37H2/b30-27-. The van der Waals surface area contributed by atoms with Gasteiger partial charge >= 0.3 is 0 Å². The summed E-state index contributed by atoms with van der Waals surface area (Å²) in [5.41, 5.74) is 33.1. The molecule has 0 amide bonds. The number of nitrogens with two attached hydrogens (primary N) is 3. The predicted molar refractivity (Wildman–Crippen MR) is 157 cm³/mol. The van der Waals surface area contributed by atoms with Crippen LogP contribution in [0.5, 0.6) is 0 Å². The molecule has 1 heterocycles. The average Bonchev–Trinajstić information content (AvgIpc) is 3.07. The van der Waals surface area contributed by atoms with Crippen LogP contribution in [0.2, 0.25) is 0 Å². The van der Waals surface area contributed by atoms with Crippen molar-refractivity contribution in [3.05, 3.63) is 136 Å². The molecular weight excluding hydrogens is 466 g/mol. The van der Waals surface area contributed by atoms with E-state index in [1.54, 1.807) is 0 Å². The van der Waals surface area contributed by atoms with E-state index in [-0.39, 0.29) is 0 Å². The largest absolute Gasteiger partial charge is 0.488 e. The number of fused-ring (bicyclic) bond motifs is 5. The number of hydrogen-bond acceptors (Lipinski definition) is 4. The maximum absolute atomic E-state index is 6.74. The summed E-state index contributed by atoms with van der Waals surface area (Å²) in [5, 5.41) is 4.03. The Balaban J connectivity index is 1.51. The number of nitrogen functional groups attached to an aromatic ring is 3. The quantitative estimate of drug-likeness (QED) is 0.158. The van der Waals surface area contributed by atoms with E-state index in [9.17, 15) is 0 Å². The van der Waals surface area contributed by atoms with Crippen molar-refractivity contribution in [2.45, 2.75) is 13.0 Å². The molecule has 0 radical (unpaired) electrons. The first-order chi connectivity index (χ1) is 18.5. The van der Waals surface area contributed by atoms with Gasteiger partial charge in [0.25, 0.3) is 0 Å². The van der Waals surface area contributed by atoms with Crippen LogP contribution in [0.4, 0.5) is 17.1 Å². The van der Waals surface area contributed by atoms with Crippen molar-refractivity contribution < 1.29 is 4.74 Å². The summed E-state index contributed by atoms with van der Waals surface area (Å²) >= 11 is 0. The molecule has 5 aromatic rings. The molecule has 4 nitrogen and oxygen atoms in total. The van der Waals surface area contributed by atoms with Gasteiger partial charge in [0, 0.05) is 56.5 Å². The minimum absolute atomic E-state index is 0.450. The van der Waals surface area contributed by atoms with E-state index >= 15 is 0 Å². The Kier molecular flexibility index (Phi) is 4.06. The van der Waals surface area contributed by atoms with Crippen molar-refractivity contribution >= 4 is 49.8 Å². The van der Waals surface area contributed by atoms with Crippen molar-refractivity contribution in [3.63, 3.8) is 0 Å². The molecule has 0 spiro atoms. The van der Waals surface area contributed by atoms with Crippen LogP contribution in [0.3, 0.4) is 0 Å². The van der Waals surface area contributed by atoms with E-state index in [2.05, 4.69) is 55.1 Å². The molecule has 0 saturated heterocycles. The van der Waals surface area contributed by atoms with Gasteiger partial charge in [-0.05, 0) is 56.3 Å². The van der Waals surface area contributed by atoms with Crippen LogP contribution in [0.1, 0.15) is 33.4 Å². The van der Waals surface area contributed by atoms with Crippen LogP contribution < -0.4 is 17.2 Å². The number of allylic oxidation sites excluding steroid dienone is 2. The van der Waals surface area contributed by atoms with Crippen LogP contribution in [0.25, 0.3) is 32.7 Å². The summed E-state index contributed by atoms with van der Waals surface area (Å²) in [6.45, 7) is 5.08. The van der Waals surface area contributed by atoms with Gasteiger partial charge in [-0.25, -0.2) is 0 Å². The van der Waals surface area contributed by atoms with Gasteiger partial charge in [-0.15, -0.1) is 0 Å². The first-order valence-electron chi connectivity index (χ1n) is 12.8. The minimum atomic E-state index is 0.450. The molecule has 182 valence electrons. The maximum Gasteiger partial charge on any atom is 0.136 e. The molecule has 0 bridgehead atoms. The van der Waals surface area contributed by atoms with Crippen molar-refractivity contribution in [1.82, 2.24) is 0 Å². The zero-order valence-electron chi connectivity index (χ0n) is 20.8. The Morgan fingerprint density at radius 1 is 0.632 bits per heavy atom. The SMILES string of the molecule is C=C1C2=C(OCc3cccc4c(N)c5c(N)cccc5c2c34)/C1=C1/c2ccccc2Cc2c(N)cccc21. The third kappa shape index (κ3) is 2.54. The zero-order chi connectivity index (χ0) is 25.7. The topological polar surface area (TPSA) is 87.3 Å². The fourth-order valence-corrected chi connectivity index (χ4v) is 6.69. The Bertz CT molecular complexity index is 1990. The van der Waals surface area contributed by atoms with Gasteiger partial charge < -0.3 is 21.9 Å².